The number of carbonyl (C=O) groups is 1. The molecule has 1 unspecified atom stereocenters. The predicted molar refractivity (Wildman–Crippen MR) is 101 cm³/mol. The van der Waals surface area contributed by atoms with Gasteiger partial charge in [-0.1, -0.05) is 5.57 Å². The van der Waals surface area contributed by atoms with Crippen molar-refractivity contribution in [2.24, 2.45) is 40.9 Å². The lowest BCUT2D eigenvalue weighted by atomic mass is 9.48. The third-order valence-corrected chi connectivity index (χ3v) is 8.76. The number of ketones is 1. The molecule has 0 amide bonds. The Morgan fingerprint density at radius 2 is 1.96 bits per heavy atom. The van der Waals surface area contributed by atoms with Gasteiger partial charge in [-0.25, -0.2) is 0 Å². The highest BCUT2D eigenvalue weighted by Gasteiger charge is 2.59. The highest BCUT2D eigenvalue weighted by molar-refractivity contribution is 5.79. The van der Waals surface area contributed by atoms with E-state index in [4.69, 9.17) is 0 Å². The van der Waals surface area contributed by atoms with Crippen LogP contribution in [0, 0.1) is 40.9 Å². The fourth-order valence-electron chi connectivity index (χ4n) is 8.14. The zero-order chi connectivity index (χ0) is 17.8. The van der Waals surface area contributed by atoms with Crippen molar-refractivity contribution in [2.75, 3.05) is 0 Å². The maximum absolute atomic E-state index is 11.9. The van der Waals surface area contributed by atoms with Gasteiger partial charge in [-0.15, -0.1) is 6.58 Å². The van der Waals surface area contributed by atoms with E-state index in [0.29, 0.717) is 23.0 Å². The second-order valence-electron chi connectivity index (χ2n) is 10.0. The molecule has 4 aliphatic carbocycles. The molecule has 25 heavy (non-hydrogen) atoms. The summed E-state index contributed by atoms with van der Waals surface area (Å²) in [5.74, 6) is 4.94. The molecule has 0 saturated heterocycles. The van der Waals surface area contributed by atoms with Gasteiger partial charge in [0.1, 0.15) is 5.78 Å². The molecule has 0 radical (unpaired) electrons. The number of aliphatic hydroxyl groups is 1. The smallest absolute Gasteiger partial charge is 0.133 e. The summed E-state index contributed by atoms with van der Waals surface area (Å²) < 4.78 is 0. The van der Waals surface area contributed by atoms with E-state index in [1.54, 1.807) is 0 Å². The Bertz CT molecular complexity index is 550. The van der Waals surface area contributed by atoms with Gasteiger partial charge in [0.05, 0.1) is 6.10 Å². The molecule has 4 aliphatic rings. The molecule has 0 aromatic rings. The lowest BCUT2D eigenvalue weighted by Gasteiger charge is -2.57. The molecule has 0 aliphatic heterocycles. The zero-order valence-electron chi connectivity index (χ0n) is 16.2. The van der Waals surface area contributed by atoms with E-state index in [0.717, 1.165) is 49.4 Å². The van der Waals surface area contributed by atoms with Gasteiger partial charge in [-0.2, -0.15) is 0 Å². The van der Waals surface area contributed by atoms with E-state index in [9.17, 15) is 9.90 Å². The highest BCUT2D eigenvalue weighted by Crippen LogP contribution is 2.66. The van der Waals surface area contributed by atoms with Gasteiger partial charge in [0.15, 0.2) is 0 Å². The Kier molecular flexibility index (Phi) is 4.63. The van der Waals surface area contributed by atoms with Crippen molar-refractivity contribution in [2.45, 2.75) is 84.2 Å². The molecule has 2 heteroatoms. The number of fused-ring (bicyclic) bond motifs is 5. The molecular weight excluding hydrogens is 308 g/mol. The first-order valence-corrected chi connectivity index (χ1v) is 10.8. The molecule has 0 spiro atoms. The fourth-order valence-corrected chi connectivity index (χ4v) is 8.14. The molecular formula is C23H36O2. The number of Topliss-reactive ketones (excluding diaryl/α,β-unsaturated/α-hetero) is 1. The summed E-state index contributed by atoms with van der Waals surface area (Å²) in [6.45, 7) is 8.45. The molecule has 0 aromatic heterocycles. The fraction of sp³-hybridized carbons (Fsp3) is 0.870. The molecule has 8 atom stereocenters. The third-order valence-electron chi connectivity index (χ3n) is 8.76. The predicted octanol–water partition coefficient (Wildman–Crippen LogP) is 5.15. The van der Waals surface area contributed by atoms with Crippen molar-refractivity contribution in [3.05, 3.63) is 12.2 Å². The average Bonchev–Trinajstić information content (AvgIpc) is 2.92. The zero-order valence-corrected chi connectivity index (χ0v) is 16.2. The standard InChI is InChI=1S/C23H36O2/c1-14(2)13-23-11-10-19-18-7-5-17(25)12-16(18)4-6-20(19)22(23)9-8-21(23)15(3)24/h15-16,18-22,24H,1,4-13H2,2-3H3/t15?,16-,18+,19-,20-,21-,22+,23+/m1/s1. The summed E-state index contributed by atoms with van der Waals surface area (Å²) >= 11 is 0. The molecule has 4 fully saturated rings. The first kappa shape index (κ1) is 17.8. The van der Waals surface area contributed by atoms with Crippen molar-refractivity contribution in [1.29, 1.82) is 0 Å². The lowest BCUT2D eigenvalue weighted by molar-refractivity contribution is -0.128. The number of carbonyl (C=O) groups excluding carboxylic acids is 1. The topological polar surface area (TPSA) is 37.3 Å². The van der Waals surface area contributed by atoms with Crippen molar-refractivity contribution in [1.82, 2.24) is 0 Å². The SMILES string of the molecule is C=C(C)C[C@]12CC[C@H]3[C@@H](CC[C@@H]4CC(=O)CC[C@@H]43)[C@@H]1CC[C@@H]2C(C)O. The van der Waals surface area contributed by atoms with Crippen LogP contribution in [0.25, 0.3) is 0 Å². The maximum Gasteiger partial charge on any atom is 0.133 e. The van der Waals surface area contributed by atoms with Gasteiger partial charge >= 0.3 is 0 Å². The molecule has 140 valence electrons. The minimum atomic E-state index is -0.190. The molecule has 0 aromatic carbocycles. The summed E-state index contributed by atoms with van der Waals surface area (Å²) in [7, 11) is 0. The second-order valence-corrected chi connectivity index (χ2v) is 10.0. The van der Waals surface area contributed by atoms with E-state index >= 15 is 0 Å². The molecule has 0 bridgehead atoms. The minimum absolute atomic E-state index is 0.190. The van der Waals surface area contributed by atoms with Crippen molar-refractivity contribution >= 4 is 5.78 Å². The van der Waals surface area contributed by atoms with Gasteiger partial charge < -0.3 is 5.11 Å². The summed E-state index contributed by atoms with van der Waals surface area (Å²) in [5, 5.41) is 10.5. The minimum Gasteiger partial charge on any atom is -0.393 e. The number of aliphatic hydroxyl groups excluding tert-OH is 1. The van der Waals surface area contributed by atoms with Crippen LogP contribution in [0.4, 0.5) is 0 Å². The molecule has 2 nitrogen and oxygen atoms in total. The Morgan fingerprint density at radius 3 is 2.68 bits per heavy atom. The molecule has 4 rings (SSSR count). The third kappa shape index (κ3) is 2.83. The van der Waals surface area contributed by atoms with Gasteiger partial charge in [-0.05, 0) is 106 Å². The lowest BCUT2D eigenvalue weighted by Crippen LogP contribution is -2.50. The van der Waals surface area contributed by atoms with Crippen molar-refractivity contribution in [3.63, 3.8) is 0 Å². The monoisotopic (exact) mass is 344 g/mol. The van der Waals surface area contributed by atoms with Crippen LogP contribution < -0.4 is 0 Å². The summed E-state index contributed by atoms with van der Waals surface area (Å²) in [4.78, 5) is 11.9. The van der Waals surface area contributed by atoms with Crippen molar-refractivity contribution in [3.8, 4) is 0 Å². The van der Waals surface area contributed by atoms with E-state index in [2.05, 4.69) is 13.5 Å². The van der Waals surface area contributed by atoms with E-state index in [1.165, 1.54) is 44.1 Å². The van der Waals surface area contributed by atoms with E-state index in [-0.39, 0.29) is 6.10 Å². The number of hydrogen-bond donors (Lipinski definition) is 1. The van der Waals surface area contributed by atoms with Gasteiger partial charge in [-0.3, -0.25) is 4.79 Å². The quantitative estimate of drug-likeness (QED) is 0.719. The molecule has 1 N–H and O–H groups in total. The number of rotatable bonds is 3. The average molecular weight is 345 g/mol. The van der Waals surface area contributed by atoms with Crippen LogP contribution >= 0.6 is 0 Å². The Balaban J connectivity index is 1.61. The second kappa shape index (κ2) is 6.51. The molecule has 4 saturated carbocycles. The van der Waals surface area contributed by atoms with Crippen molar-refractivity contribution < 1.29 is 9.90 Å². The van der Waals surface area contributed by atoms with Gasteiger partial charge in [0.25, 0.3) is 0 Å². The van der Waals surface area contributed by atoms with E-state index < -0.39 is 0 Å². The normalized spacial score (nSPS) is 47.6. The molecule has 0 heterocycles. The Labute approximate surface area is 153 Å². The van der Waals surface area contributed by atoms with E-state index in [1.807, 2.05) is 6.92 Å². The maximum atomic E-state index is 11.9. The summed E-state index contributed by atoms with van der Waals surface area (Å²) in [6.07, 6.45) is 11.5. The van der Waals surface area contributed by atoms with Crippen LogP contribution in [0.2, 0.25) is 0 Å². The Hall–Kier alpha value is -0.630. The first-order valence-electron chi connectivity index (χ1n) is 10.8. The van der Waals surface area contributed by atoms with Gasteiger partial charge in [0.2, 0.25) is 0 Å². The summed E-state index contributed by atoms with van der Waals surface area (Å²) in [5.41, 5.74) is 1.60. The Morgan fingerprint density at radius 1 is 1.16 bits per heavy atom. The largest absolute Gasteiger partial charge is 0.393 e. The number of hydrogen-bond acceptors (Lipinski definition) is 2. The first-order chi connectivity index (χ1) is 11.9. The number of allylic oxidation sites excluding steroid dienone is 1. The van der Waals surface area contributed by atoms with Crippen LogP contribution in [0.5, 0.6) is 0 Å². The van der Waals surface area contributed by atoms with Crippen LogP contribution in [0.1, 0.15) is 78.1 Å². The van der Waals surface area contributed by atoms with Crippen LogP contribution in [-0.2, 0) is 4.79 Å². The van der Waals surface area contributed by atoms with Gasteiger partial charge in [0, 0.05) is 12.8 Å². The van der Waals surface area contributed by atoms with Crippen LogP contribution in [0.3, 0.4) is 0 Å². The van der Waals surface area contributed by atoms with Crippen LogP contribution in [0.15, 0.2) is 12.2 Å². The van der Waals surface area contributed by atoms with Crippen LogP contribution in [-0.4, -0.2) is 17.0 Å². The highest BCUT2D eigenvalue weighted by atomic mass is 16.3. The summed E-state index contributed by atoms with van der Waals surface area (Å²) in [6, 6.07) is 0.